The van der Waals surface area contributed by atoms with E-state index in [2.05, 4.69) is 5.32 Å². The molecule has 0 radical (unpaired) electrons. The molecule has 0 saturated carbocycles. The number of nitrogens with zero attached hydrogens (tertiary/aromatic N) is 1. The number of fused-ring (bicyclic) bond motifs is 1. The maximum absolute atomic E-state index is 13.7. The molecule has 0 spiro atoms. The van der Waals surface area contributed by atoms with Crippen molar-refractivity contribution in [3.63, 3.8) is 0 Å². The first kappa shape index (κ1) is 27.0. The molecule has 0 unspecified atom stereocenters. The Hall–Kier alpha value is -3.61. The fourth-order valence-electron chi connectivity index (χ4n) is 4.37. The van der Waals surface area contributed by atoms with Gasteiger partial charge in [-0.25, -0.2) is 4.79 Å². The van der Waals surface area contributed by atoms with Crippen molar-refractivity contribution in [1.82, 2.24) is 10.2 Å². The number of hydrogen-bond acceptors (Lipinski definition) is 9. The molecule has 2 aliphatic rings. The number of benzene rings is 2. The molecule has 39 heavy (non-hydrogen) atoms. The number of thioether (sulfide) groups is 1. The van der Waals surface area contributed by atoms with E-state index in [0.717, 1.165) is 16.0 Å². The molecule has 1 fully saturated rings. The predicted octanol–water partition coefficient (Wildman–Crippen LogP) is 3.21. The molecule has 2 aliphatic heterocycles. The molecule has 2 atom stereocenters. The summed E-state index contributed by atoms with van der Waals surface area (Å²) in [7, 11) is -4.00. The highest BCUT2D eigenvalue weighted by molar-refractivity contribution is 8.00. The van der Waals surface area contributed by atoms with Gasteiger partial charge in [0.15, 0.2) is 17.6 Å². The monoisotopic (exact) mass is 584 g/mol. The first-order chi connectivity index (χ1) is 18.7. The molecule has 1 N–H and O–H groups in total. The van der Waals surface area contributed by atoms with Crippen LogP contribution in [0.15, 0.2) is 89.6 Å². The fraction of sp³-hybridized carbons (Fsp3) is 0.222. The van der Waals surface area contributed by atoms with Gasteiger partial charge >= 0.3 is 16.1 Å². The molecule has 202 valence electrons. The Morgan fingerprint density at radius 3 is 2.23 bits per heavy atom. The molecule has 3 aromatic rings. The van der Waals surface area contributed by atoms with Gasteiger partial charge in [-0.3, -0.25) is 14.5 Å². The van der Waals surface area contributed by atoms with Gasteiger partial charge in [0.25, 0.3) is 5.91 Å². The van der Waals surface area contributed by atoms with Crippen LogP contribution in [-0.4, -0.2) is 54.5 Å². The summed E-state index contributed by atoms with van der Waals surface area (Å²) >= 11 is 2.63. The zero-order valence-electron chi connectivity index (χ0n) is 20.7. The maximum Gasteiger partial charge on any atom is 0.359 e. The van der Waals surface area contributed by atoms with Crippen LogP contribution in [0.3, 0.4) is 0 Å². The smallest absolute Gasteiger partial charge is 0.359 e. The standard InChI is InChI=1S/C27H24N2O7S3/c1-39(33,34)36-20-16-38-26-22(28-21(30)15-19-13-8-14-37-19)25(31)29(26)23(20)27(32)35-24(17-9-4-2-5-10-17)18-11-6-3-7-12-18/h2-14,22,24,26H,15-16H2,1H3,(H,28,30)/t22-,26-/m1/s1. The number of nitrogens with one attached hydrogen (secondary N) is 1. The average molecular weight is 585 g/mol. The number of ether oxygens (including phenoxy) is 1. The van der Waals surface area contributed by atoms with Crippen LogP contribution in [0.25, 0.3) is 0 Å². The Morgan fingerprint density at radius 2 is 1.67 bits per heavy atom. The van der Waals surface area contributed by atoms with Crippen LogP contribution in [0.4, 0.5) is 0 Å². The number of β-lactam (4-membered cyclic amide) rings is 1. The molecule has 12 heteroatoms. The van der Waals surface area contributed by atoms with Crippen molar-refractivity contribution >= 4 is 51.0 Å². The van der Waals surface area contributed by atoms with E-state index < -0.39 is 39.5 Å². The van der Waals surface area contributed by atoms with Crippen molar-refractivity contribution in [2.24, 2.45) is 0 Å². The maximum atomic E-state index is 13.7. The third kappa shape index (κ3) is 6.02. The van der Waals surface area contributed by atoms with E-state index in [4.69, 9.17) is 8.92 Å². The van der Waals surface area contributed by atoms with Crippen molar-refractivity contribution in [3.05, 3.63) is 106 Å². The van der Waals surface area contributed by atoms with E-state index in [1.165, 1.54) is 23.1 Å². The van der Waals surface area contributed by atoms with E-state index in [1.807, 2.05) is 53.9 Å². The first-order valence-corrected chi connectivity index (χ1v) is 15.7. The van der Waals surface area contributed by atoms with Crippen LogP contribution in [0.5, 0.6) is 0 Å². The van der Waals surface area contributed by atoms with Crippen molar-refractivity contribution in [1.29, 1.82) is 0 Å². The SMILES string of the molecule is CS(=O)(=O)OC1=C(C(=O)OC(c2ccccc2)c2ccccc2)N2C(=O)[C@@H](NC(=O)Cc3cccs3)[C@H]2SC1. The van der Waals surface area contributed by atoms with Crippen LogP contribution >= 0.6 is 23.1 Å². The Balaban J connectivity index is 1.42. The van der Waals surface area contributed by atoms with Gasteiger partial charge in [0.1, 0.15) is 11.4 Å². The quantitative estimate of drug-likeness (QED) is 0.231. The second-order valence-electron chi connectivity index (χ2n) is 8.88. The van der Waals surface area contributed by atoms with E-state index in [0.29, 0.717) is 11.1 Å². The fourth-order valence-corrected chi connectivity index (χ4v) is 6.90. The van der Waals surface area contributed by atoms with Crippen molar-refractivity contribution in [3.8, 4) is 0 Å². The molecular weight excluding hydrogens is 561 g/mol. The Kier molecular flexibility index (Phi) is 7.78. The molecular formula is C27H24N2O7S3. The van der Waals surface area contributed by atoms with Crippen molar-refractivity contribution < 1.29 is 31.7 Å². The van der Waals surface area contributed by atoms with Crippen LogP contribution in [0.1, 0.15) is 22.1 Å². The number of esters is 1. The summed E-state index contributed by atoms with van der Waals surface area (Å²) in [5.41, 5.74) is 1.10. The van der Waals surface area contributed by atoms with Gasteiger partial charge in [0.2, 0.25) is 5.91 Å². The summed E-state index contributed by atoms with van der Waals surface area (Å²) < 4.78 is 35.1. The van der Waals surface area contributed by atoms with Gasteiger partial charge in [0.05, 0.1) is 18.4 Å². The average Bonchev–Trinajstić information content (AvgIpc) is 3.43. The summed E-state index contributed by atoms with van der Waals surface area (Å²) in [6.45, 7) is 0. The lowest BCUT2D eigenvalue weighted by Gasteiger charge is -2.49. The zero-order chi connectivity index (χ0) is 27.6. The second-order valence-corrected chi connectivity index (χ2v) is 12.6. The third-order valence-corrected chi connectivity index (χ3v) is 8.67. The summed E-state index contributed by atoms with van der Waals surface area (Å²) in [4.78, 5) is 41.5. The number of carbonyl (C=O) groups excluding carboxylic acids is 3. The number of thiophene rings is 1. The van der Waals surface area contributed by atoms with E-state index in [1.54, 1.807) is 24.3 Å². The minimum Gasteiger partial charge on any atom is -0.448 e. The van der Waals surface area contributed by atoms with Gasteiger partial charge < -0.3 is 14.2 Å². The number of carbonyl (C=O) groups is 3. The first-order valence-electron chi connectivity index (χ1n) is 11.9. The highest BCUT2D eigenvalue weighted by atomic mass is 32.2. The topological polar surface area (TPSA) is 119 Å². The summed E-state index contributed by atoms with van der Waals surface area (Å²) in [6.07, 6.45) is 0.168. The molecule has 0 aliphatic carbocycles. The molecule has 1 saturated heterocycles. The van der Waals surface area contributed by atoms with Crippen molar-refractivity contribution in [2.45, 2.75) is 23.9 Å². The summed E-state index contributed by atoms with van der Waals surface area (Å²) in [5, 5.41) is 3.98. The molecule has 0 bridgehead atoms. The molecule has 5 rings (SSSR count). The molecule has 2 aromatic carbocycles. The van der Waals surface area contributed by atoms with Crippen LogP contribution < -0.4 is 5.32 Å². The molecule has 9 nitrogen and oxygen atoms in total. The van der Waals surface area contributed by atoms with Crippen LogP contribution in [0, 0.1) is 0 Å². The summed E-state index contributed by atoms with van der Waals surface area (Å²) in [5.74, 6) is -1.99. The Bertz CT molecular complexity index is 1470. The van der Waals surface area contributed by atoms with Crippen LogP contribution in [0.2, 0.25) is 0 Å². The normalized spacial score (nSPS) is 18.8. The highest BCUT2D eigenvalue weighted by Gasteiger charge is 2.55. The van der Waals surface area contributed by atoms with Gasteiger partial charge in [-0.05, 0) is 22.6 Å². The van der Waals surface area contributed by atoms with Gasteiger partial charge in [-0.15, -0.1) is 23.1 Å². The molecule has 1 aromatic heterocycles. The van der Waals surface area contributed by atoms with Crippen molar-refractivity contribution in [2.75, 3.05) is 12.0 Å². The number of hydrogen-bond donors (Lipinski definition) is 1. The lowest BCUT2D eigenvalue weighted by atomic mass is 10.0. The van der Waals surface area contributed by atoms with Gasteiger partial charge in [-0.1, -0.05) is 66.7 Å². The minimum atomic E-state index is -4.00. The minimum absolute atomic E-state index is 0.00934. The van der Waals surface area contributed by atoms with E-state index >= 15 is 0 Å². The lowest BCUT2D eigenvalue weighted by Crippen LogP contribution is -2.70. The van der Waals surface area contributed by atoms with Crippen LogP contribution in [-0.2, 0) is 39.8 Å². The number of amides is 2. The van der Waals surface area contributed by atoms with Gasteiger partial charge in [-0.2, -0.15) is 8.42 Å². The lowest BCUT2D eigenvalue weighted by molar-refractivity contribution is -0.155. The Labute approximate surface area is 233 Å². The molecule has 2 amide bonds. The third-order valence-electron chi connectivity index (χ3n) is 6.04. The zero-order valence-corrected chi connectivity index (χ0v) is 23.1. The second kappa shape index (κ2) is 11.2. The van der Waals surface area contributed by atoms with E-state index in [9.17, 15) is 22.8 Å². The number of rotatable bonds is 9. The van der Waals surface area contributed by atoms with Gasteiger partial charge in [0, 0.05) is 4.88 Å². The van der Waals surface area contributed by atoms with E-state index in [-0.39, 0.29) is 29.5 Å². The highest BCUT2D eigenvalue weighted by Crippen LogP contribution is 2.42. The molecule has 3 heterocycles. The summed E-state index contributed by atoms with van der Waals surface area (Å²) in [6, 6.07) is 20.9. The Morgan fingerprint density at radius 1 is 1.03 bits per heavy atom. The largest absolute Gasteiger partial charge is 0.448 e. The predicted molar refractivity (Wildman–Crippen MR) is 147 cm³/mol.